The summed E-state index contributed by atoms with van der Waals surface area (Å²) >= 11 is 0. The van der Waals surface area contributed by atoms with Gasteiger partial charge in [-0.05, 0) is 31.6 Å². The van der Waals surface area contributed by atoms with E-state index in [1.807, 2.05) is 13.8 Å². The third-order valence-electron chi connectivity index (χ3n) is 4.62. The minimum absolute atomic E-state index is 0.0682. The predicted molar refractivity (Wildman–Crippen MR) is 87.7 cm³/mol. The number of nitrogens with one attached hydrogen (secondary N) is 1. The van der Waals surface area contributed by atoms with E-state index in [0.29, 0.717) is 6.41 Å². The fourth-order valence-corrected chi connectivity index (χ4v) is 3.22. The van der Waals surface area contributed by atoms with E-state index >= 15 is 0 Å². The number of likely N-dealkylation sites (N-methyl/N-ethyl adjacent to an activating group) is 1. The zero-order valence-corrected chi connectivity index (χ0v) is 14.4. The van der Waals surface area contributed by atoms with Gasteiger partial charge in [0.15, 0.2) is 0 Å². The van der Waals surface area contributed by atoms with Crippen LogP contribution >= 0.6 is 0 Å². The molecule has 23 heavy (non-hydrogen) atoms. The second-order valence-electron chi connectivity index (χ2n) is 6.65. The Morgan fingerprint density at radius 1 is 1.26 bits per heavy atom. The molecule has 6 heteroatoms. The molecule has 1 saturated carbocycles. The third-order valence-corrected chi connectivity index (χ3v) is 4.62. The summed E-state index contributed by atoms with van der Waals surface area (Å²) in [6.07, 6.45) is 6.20. The highest BCUT2D eigenvalue weighted by Gasteiger charge is 2.34. The monoisotopic (exact) mass is 324 g/mol. The van der Waals surface area contributed by atoms with Crippen LogP contribution in [-0.4, -0.2) is 47.4 Å². The number of carboxylic acid groups (broad SMARTS) is 1. The largest absolute Gasteiger partial charge is 0.478 e. The first-order valence-electron chi connectivity index (χ1n) is 8.17. The molecule has 1 aliphatic carbocycles. The standard InChI is InChI=1S/C17H28N2O4/c1-11(2)14(9-12(3)17(22)23)19(4)16(21)15(18-10-20)13-7-5-6-8-13/h9-11,13-15H,5-8H2,1-4H3,(H,18,20)(H,22,23)/t14?,15-/m1/s1. The lowest BCUT2D eigenvalue weighted by atomic mass is 9.94. The maximum Gasteiger partial charge on any atom is 0.331 e. The van der Waals surface area contributed by atoms with Crippen molar-refractivity contribution in [2.45, 2.75) is 58.5 Å². The van der Waals surface area contributed by atoms with Gasteiger partial charge in [-0.1, -0.05) is 32.8 Å². The van der Waals surface area contributed by atoms with Crippen LogP contribution in [0.5, 0.6) is 0 Å². The summed E-state index contributed by atoms with van der Waals surface area (Å²) in [5.74, 6) is -0.918. The maximum atomic E-state index is 12.8. The van der Waals surface area contributed by atoms with E-state index in [9.17, 15) is 14.4 Å². The van der Waals surface area contributed by atoms with Crippen LogP contribution in [-0.2, 0) is 14.4 Å². The Hall–Kier alpha value is -1.85. The van der Waals surface area contributed by atoms with Gasteiger partial charge in [0, 0.05) is 12.6 Å². The Balaban J connectivity index is 2.97. The molecule has 1 rings (SSSR count). The summed E-state index contributed by atoms with van der Waals surface area (Å²) in [6, 6.07) is -0.851. The molecule has 0 heterocycles. The van der Waals surface area contributed by atoms with Gasteiger partial charge in [-0.15, -0.1) is 0 Å². The quantitative estimate of drug-likeness (QED) is 0.526. The highest BCUT2D eigenvalue weighted by Crippen LogP contribution is 2.29. The van der Waals surface area contributed by atoms with Crippen LogP contribution in [0.2, 0.25) is 0 Å². The molecule has 2 N–H and O–H groups in total. The first-order chi connectivity index (χ1) is 10.8. The molecular formula is C17H28N2O4. The normalized spacial score (nSPS) is 18.6. The fourth-order valence-electron chi connectivity index (χ4n) is 3.22. The molecule has 2 amide bonds. The number of carbonyl (C=O) groups excluding carboxylic acids is 2. The van der Waals surface area contributed by atoms with Crippen molar-refractivity contribution in [1.82, 2.24) is 10.2 Å². The molecule has 0 aromatic rings. The van der Waals surface area contributed by atoms with Crippen LogP contribution in [0.1, 0.15) is 46.5 Å². The Kier molecular flexibility index (Phi) is 7.26. The van der Waals surface area contributed by atoms with Crippen molar-refractivity contribution in [1.29, 1.82) is 0 Å². The van der Waals surface area contributed by atoms with E-state index in [2.05, 4.69) is 5.32 Å². The minimum Gasteiger partial charge on any atom is -0.478 e. The average molecular weight is 324 g/mol. The molecule has 0 radical (unpaired) electrons. The molecule has 0 saturated heterocycles. The van der Waals surface area contributed by atoms with Crippen molar-refractivity contribution in [2.24, 2.45) is 11.8 Å². The van der Waals surface area contributed by atoms with Crippen molar-refractivity contribution >= 4 is 18.3 Å². The molecule has 1 fully saturated rings. The molecule has 0 bridgehead atoms. The lowest BCUT2D eigenvalue weighted by molar-refractivity contribution is -0.137. The van der Waals surface area contributed by atoms with E-state index < -0.39 is 12.0 Å². The van der Waals surface area contributed by atoms with Gasteiger partial charge in [-0.25, -0.2) is 4.79 Å². The summed E-state index contributed by atoms with van der Waals surface area (Å²) in [6.45, 7) is 5.41. The van der Waals surface area contributed by atoms with Gasteiger partial charge in [0.1, 0.15) is 6.04 Å². The van der Waals surface area contributed by atoms with Crippen LogP contribution in [0, 0.1) is 11.8 Å². The Morgan fingerprint density at radius 3 is 2.26 bits per heavy atom. The SMILES string of the molecule is CC(=CC(C(C)C)N(C)C(=O)[C@H](NC=O)C1CCCC1)C(=O)O. The second-order valence-corrected chi connectivity index (χ2v) is 6.65. The summed E-state index contributed by atoms with van der Waals surface area (Å²) in [5, 5.41) is 11.7. The van der Waals surface area contributed by atoms with Gasteiger partial charge < -0.3 is 15.3 Å². The zero-order chi connectivity index (χ0) is 17.6. The van der Waals surface area contributed by atoms with Gasteiger partial charge in [0.05, 0.1) is 6.04 Å². The van der Waals surface area contributed by atoms with Crippen LogP contribution in [0.4, 0.5) is 0 Å². The van der Waals surface area contributed by atoms with Crippen LogP contribution < -0.4 is 5.32 Å². The molecule has 0 aliphatic heterocycles. The van der Waals surface area contributed by atoms with Crippen molar-refractivity contribution in [2.75, 3.05) is 7.05 Å². The molecule has 2 atom stereocenters. The van der Waals surface area contributed by atoms with Gasteiger partial charge >= 0.3 is 5.97 Å². The lowest BCUT2D eigenvalue weighted by Crippen LogP contribution is -2.52. The van der Waals surface area contributed by atoms with Crippen molar-refractivity contribution in [3.63, 3.8) is 0 Å². The highest BCUT2D eigenvalue weighted by molar-refractivity contribution is 5.87. The summed E-state index contributed by atoms with van der Waals surface area (Å²) < 4.78 is 0. The highest BCUT2D eigenvalue weighted by atomic mass is 16.4. The van der Waals surface area contributed by atoms with Gasteiger partial charge in [-0.3, -0.25) is 9.59 Å². The molecule has 0 aromatic heterocycles. The lowest BCUT2D eigenvalue weighted by Gasteiger charge is -2.34. The zero-order valence-electron chi connectivity index (χ0n) is 14.4. The first-order valence-corrected chi connectivity index (χ1v) is 8.17. The summed E-state index contributed by atoms with van der Waals surface area (Å²) in [5.41, 5.74) is 0.212. The number of rotatable bonds is 8. The van der Waals surface area contributed by atoms with Crippen LogP contribution in [0.25, 0.3) is 0 Å². The summed E-state index contributed by atoms with van der Waals surface area (Å²) in [7, 11) is 1.67. The molecule has 6 nitrogen and oxygen atoms in total. The number of carbonyl (C=O) groups is 3. The average Bonchev–Trinajstić information content (AvgIpc) is 3.02. The number of hydrogen-bond acceptors (Lipinski definition) is 3. The number of amides is 2. The smallest absolute Gasteiger partial charge is 0.331 e. The molecule has 1 unspecified atom stereocenters. The van der Waals surface area contributed by atoms with E-state index in [-0.39, 0.29) is 29.4 Å². The third kappa shape index (κ3) is 5.08. The molecule has 130 valence electrons. The van der Waals surface area contributed by atoms with Crippen molar-refractivity contribution in [3.8, 4) is 0 Å². The number of carboxylic acids is 1. The van der Waals surface area contributed by atoms with Crippen LogP contribution in [0.15, 0.2) is 11.6 Å². The van der Waals surface area contributed by atoms with E-state index in [1.165, 1.54) is 6.92 Å². The molecular weight excluding hydrogens is 296 g/mol. The number of nitrogens with zero attached hydrogens (tertiary/aromatic N) is 1. The minimum atomic E-state index is -0.991. The van der Waals surface area contributed by atoms with Gasteiger partial charge in [0.2, 0.25) is 12.3 Å². The Bertz CT molecular complexity index is 467. The van der Waals surface area contributed by atoms with Crippen molar-refractivity contribution in [3.05, 3.63) is 11.6 Å². The first kappa shape index (κ1) is 19.2. The molecule has 0 aromatic carbocycles. The molecule has 1 aliphatic rings. The van der Waals surface area contributed by atoms with Gasteiger partial charge in [-0.2, -0.15) is 0 Å². The predicted octanol–water partition coefficient (Wildman–Crippen LogP) is 1.81. The molecule has 0 spiro atoms. The van der Waals surface area contributed by atoms with Crippen molar-refractivity contribution < 1.29 is 19.5 Å². The van der Waals surface area contributed by atoms with Gasteiger partial charge in [0.25, 0.3) is 0 Å². The Labute approximate surface area is 137 Å². The van der Waals surface area contributed by atoms with E-state index in [4.69, 9.17) is 5.11 Å². The van der Waals surface area contributed by atoms with Crippen LogP contribution in [0.3, 0.4) is 0 Å². The number of hydrogen-bond donors (Lipinski definition) is 2. The summed E-state index contributed by atoms with van der Waals surface area (Å²) in [4.78, 5) is 36.4. The maximum absolute atomic E-state index is 12.8. The fraction of sp³-hybridized carbons (Fsp3) is 0.706. The van der Waals surface area contributed by atoms with E-state index in [0.717, 1.165) is 25.7 Å². The topological polar surface area (TPSA) is 86.7 Å². The number of aliphatic carboxylic acids is 1. The van der Waals surface area contributed by atoms with E-state index in [1.54, 1.807) is 18.0 Å². The Morgan fingerprint density at radius 2 is 1.83 bits per heavy atom. The second kappa shape index (κ2) is 8.70.